The minimum Gasteiger partial charge on any atom is -0.483 e. The number of nitrogens with one attached hydrogen (secondary N) is 2. The highest BCUT2D eigenvalue weighted by Crippen LogP contribution is 2.18. The van der Waals surface area contributed by atoms with Gasteiger partial charge in [-0.3, -0.25) is 9.59 Å². The van der Waals surface area contributed by atoms with Gasteiger partial charge in [-0.2, -0.15) is 0 Å². The summed E-state index contributed by atoms with van der Waals surface area (Å²) in [6.45, 7) is 6.92. The van der Waals surface area contributed by atoms with Crippen LogP contribution >= 0.6 is 0 Å². The van der Waals surface area contributed by atoms with E-state index < -0.39 is 11.7 Å². The van der Waals surface area contributed by atoms with Gasteiger partial charge in [0.05, 0.1) is 11.3 Å². The molecule has 150 valence electrons. The Kier molecular flexibility index (Phi) is 8.42. The molecule has 0 saturated heterocycles. The number of likely N-dealkylation sites (N-methyl/N-ethyl adjacent to an activating group) is 1. The SMILES string of the molecule is CCN(CC)CCNC(=O)c1ccccc1OCC(=O)Nc1ccccc1F. The number of rotatable bonds is 10. The van der Waals surface area contributed by atoms with Crippen LogP contribution in [-0.2, 0) is 4.79 Å². The molecule has 0 aliphatic heterocycles. The number of hydrogen-bond donors (Lipinski definition) is 2. The minimum absolute atomic E-state index is 0.0820. The fourth-order valence-corrected chi connectivity index (χ4v) is 2.63. The summed E-state index contributed by atoms with van der Waals surface area (Å²) < 4.78 is 19.1. The lowest BCUT2D eigenvalue weighted by Crippen LogP contribution is -2.35. The number of amides is 2. The molecule has 0 saturated carbocycles. The molecule has 7 heteroatoms. The third kappa shape index (κ3) is 6.35. The molecule has 0 bridgehead atoms. The molecule has 0 spiro atoms. The third-order valence-electron chi connectivity index (χ3n) is 4.25. The highest BCUT2D eigenvalue weighted by Gasteiger charge is 2.14. The molecule has 28 heavy (non-hydrogen) atoms. The maximum atomic E-state index is 13.6. The van der Waals surface area contributed by atoms with Crippen molar-refractivity contribution >= 4 is 17.5 Å². The van der Waals surface area contributed by atoms with Gasteiger partial charge in [-0.05, 0) is 37.4 Å². The lowest BCUT2D eigenvalue weighted by molar-refractivity contribution is -0.118. The first kappa shape index (κ1) is 21.4. The number of anilines is 1. The summed E-state index contributed by atoms with van der Waals surface area (Å²) in [5.74, 6) is -1.01. The molecule has 0 heterocycles. The fraction of sp³-hybridized carbons (Fsp3) is 0.333. The van der Waals surface area contributed by atoms with Crippen molar-refractivity contribution in [1.29, 1.82) is 0 Å². The average molecular weight is 387 g/mol. The molecule has 0 aromatic heterocycles. The minimum atomic E-state index is -0.524. The van der Waals surface area contributed by atoms with Crippen LogP contribution in [0.4, 0.5) is 10.1 Å². The molecule has 2 N–H and O–H groups in total. The van der Waals surface area contributed by atoms with E-state index in [1.165, 1.54) is 18.2 Å². The Morgan fingerprint density at radius 2 is 1.71 bits per heavy atom. The van der Waals surface area contributed by atoms with Gasteiger partial charge < -0.3 is 20.3 Å². The van der Waals surface area contributed by atoms with Crippen LogP contribution in [0.1, 0.15) is 24.2 Å². The van der Waals surface area contributed by atoms with E-state index in [2.05, 4.69) is 29.4 Å². The molecule has 0 fully saturated rings. The van der Waals surface area contributed by atoms with Crippen molar-refractivity contribution in [3.05, 3.63) is 59.9 Å². The molecule has 2 amide bonds. The summed E-state index contributed by atoms with van der Waals surface area (Å²) in [7, 11) is 0. The van der Waals surface area contributed by atoms with E-state index in [0.717, 1.165) is 19.6 Å². The lowest BCUT2D eigenvalue weighted by Gasteiger charge is -2.18. The summed E-state index contributed by atoms with van der Waals surface area (Å²) in [5.41, 5.74) is 0.430. The van der Waals surface area contributed by atoms with Crippen LogP contribution in [-0.4, -0.2) is 49.5 Å². The Balaban J connectivity index is 1.91. The molecular weight excluding hydrogens is 361 g/mol. The molecule has 0 aliphatic carbocycles. The normalized spacial score (nSPS) is 10.6. The number of nitrogens with zero attached hydrogens (tertiary/aromatic N) is 1. The van der Waals surface area contributed by atoms with Crippen LogP contribution < -0.4 is 15.4 Å². The van der Waals surface area contributed by atoms with Crippen molar-refractivity contribution < 1.29 is 18.7 Å². The smallest absolute Gasteiger partial charge is 0.262 e. The van der Waals surface area contributed by atoms with Crippen molar-refractivity contribution in [2.75, 3.05) is 38.1 Å². The van der Waals surface area contributed by atoms with Gasteiger partial charge in [-0.25, -0.2) is 4.39 Å². The van der Waals surface area contributed by atoms with Crippen LogP contribution in [0.5, 0.6) is 5.75 Å². The molecule has 6 nitrogen and oxygen atoms in total. The number of carbonyl (C=O) groups is 2. The average Bonchev–Trinajstić information content (AvgIpc) is 2.71. The number of benzene rings is 2. The zero-order chi connectivity index (χ0) is 20.4. The summed E-state index contributed by atoms with van der Waals surface area (Å²) in [6, 6.07) is 12.6. The quantitative estimate of drug-likeness (QED) is 0.658. The predicted octanol–water partition coefficient (Wildman–Crippen LogP) is 2.91. The van der Waals surface area contributed by atoms with Gasteiger partial charge >= 0.3 is 0 Å². The Morgan fingerprint density at radius 1 is 1.04 bits per heavy atom. The molecule has 0 radical (unpaired) electrons. The first-order chi connectivity index (χ1) is 13.5. The van der Waals surface area contributed by atoms with E-state index in [0.29, 0.717) is 17.9 Å². The summed E-state index contributed by atoms with van der Waals surface area (Å²) >= 11 is 0. The number of carbonyl (C=O) groups excluding carboxylic acids is 2. The van der Waals surface area contributed by atoms with E-state index in [1.54, 1.807) is 30.3 Å². The fourth-order valence-electron chi connectivity index (χ4n) is 2.63. The van der Waals surface area contributed by atoms with Gasteiger partial charge in [0.15, 0.2) is 6.61 Å². The predicted molar refractivity (Wildman–Crippen MR) is 107 cm³/mol. The molecule has 2 aromatic rings. The highest BCUT2D eigenvalue weighted by molar-refractivity contribution is 5.97. The van der Waals surface area contributed by atoms with Crippen molar-refractivity contribution in [3.8, 4) is 5.75 Å². The molecular formula is C21H26FN3O3. The van der Waals surface area contributed by atoms with Gasteiger partial charge in [0.25, 0.3) is 11.8 Å². The Hall–Kier alpha value is -2.93. The zero-order valence-electron chi connectivity index (χ0n) is 16.2. The number of para-hydroxylation sites is 2. The first-order valence-electron chi connectivity index (χ1n) is 9.31. The second-order valence-corrected chi connectivity index (χ2v) is 6.10. The molecule has 2 aromatic carbocycles. The van der Waals surface area contributed by atoms with Crippen LogP contribution in [0.25, 0.3) is 0 Å². The number of hydrogen-bond acceptors (Lipinski definition) is 4. The first-order valence-corrected chi connectivity index (χ1v) is 9.31. The topological polar surface area (TPSA) is 70.7 Å². The van der Waals surface area contributed by atoms with E-state index in [4.69, 9.17) is 4.74 Å². The maximum Gasteiger partial charge on any atom is 0.262 e. The van der Waals surface area contributed by atoms with Gasteiger partial charge in [-0.1, -0.05) is 38.1 Å². The van der Waals surface area contributed by atoms with Gasteiger partial charge in [0, 0.05) is 13.1 Å². The second-order valence-electron chi connectivity index (χ2n) is 6.10. The summed E-state index contributed by atoms with van der Waals surface area (Å²) in [5, 5.41) is 5.31. The molecule has 0 atom stereocenters. The largest absolute Gasteiger partial charge is 0.483 e. The van der Waals surface area contributed by atoms with E-state index in [-0.39, 0.29) is 18.2 Å². The Labute approximate surface area is 164 Å². The molecule has 2 rings (SSSR count). The van der Waals surface area contributed by atoms with E-state index in [1.807, 2.05) is 0 Å². The van der Waals surface area contributed by atoms with Crippen molar-refractivity contribution in [2.24, 2.45) is 0 Å². The van der Waals surface area contributed by atoms with Crippen LogP contribution in [0.3, 0.4) is 0 Å². The maximum absolute atomic E-state index is 13.6. The van der Waals surface area contributed by atoms with Gasteiger partial charge in [0.1, 0.15) is 11.6 Å². The van der Waals surface area contributed by atoms with Crippen LogP contribution in [0.15, 0.2) is 48.5 Å². The van der Waals surface area contributed by atoms with E-state index in [9.17, 15) is 14.0 Å². The van der Waals surface area contributed by atoms with Crippen molar-refractivity contribution in [1.82, 2.24) is 10.2 Å². The van der Waals surface area contributed by atoms with Crippen LogP contribution in [0, 0.1) is 5.82 Å². The summed E-state index contributed by atoms with van der Waals surface area (Å²) in [4.78, 5) is 26.7. The molecule has 0 aliphatic rings. The monoisotopic (exact) mass is 387 g/mol. The van der Waals surface area contributed by atoms with Crippen molar-refractivity contribution in [3.63, 3.8) is 0 Å². The Bertz CT molecular complexity index is 794. The Morgan fingerprint density at radius 3 is 2.43 bits per heavy atom. The zero-order valence-corrected chi connectivity index (χ0v) is 16.2. The number of ether oxygens (including phenoxy) is 1. The van der Waals surface area contributed by atoms with Gasteiger partial charge in [-0.15, -0.1) is 0 Å². The number of halogens is 1. The molecule has 0 unspecified atom stereocenters. The van der Waals surface area contributed by atoms with Crippen molar-refractivity contribution in [2.45, 2.75) is 13.8 Å². The summed E-state index contributed by atoms with van der Waals surface area (Å²) in [6.07, 6.45) is 0. The highest BCUT2D eigenvalue weighted by atomic mass is 19.1. The third-order valence-corrected chi connectivity index (χ3v) is 4.25. The standard InChI is InChI=1S/C21H26FN3O3/c1-3-25(4-2)14-13-23-21(27)16-9-5-8-12-19(16)28-15-20(26)24-18-11-7-6-10-17(18)22/h5-12H,3-4,13-15H2,1-2H3,(H,23,27)(H,24,26). The van der Waals surface area contributed by atoms with E-state index >= 15 is 0 Å². The lowest BCUT2D eigenvalue weighted by atomic mass is 10.2. The second kappa shape index (κ2) is 11.0. The van der Waals surface area contributed by atoms with Crippen LogP contribution in [0.2, 0.25) is 0 Å². The van der Waals surface area contributed by atoms with Gasteiger partial charge in [0.2, 0.25) is 0 Å².